The Morgan fingerprint density at radius 3 is 3.18 bits per heavy atom. The fraction of sp³-hybridized carbons (Fsp3) is 0.222. The molecule has 0 saturated heterocycles. The summed E-state index contributed by atoms with van der Waals surface area (Å²) in [7, 11) is 0. The SMILES string of the molecule is C=C1COCc2ncccc21. The Labute approximate surface area is 65.5 Å². The molecule has 1 aromatic heterocycles. The lowest BCUT2D eigenvalue weighted by atomic mass is 10.1. The molecule has 56 valence electrons. The highest BCUT2D eigenvalue weighted by molar-refractivity contribution is 5.66. The smallest absolute Gasteiger partial charge is 0.0898 e. The van der Waals surface area contributed by atoms with Crippen LogP contribution in [-0.4, -0.2) is 11.6 Å². The van der Waals surface area contributed by atoms with Crippen LogP contribution in [0.3, 0.4) is 0 Å². The summed E-state index contributed by atoms with van der Waals surface area (Å²) in [6.07, 6.45) is 1.78. The molecule has 0 aromatic carbocycles. The molecule has 0 aliphatic carbocycles. The molecule has 1 aromatic rings. The summed E-state index contributed by atoms with van der Waals surface area (Å²) in [5.41, 5.74) is 3.18. The topological polar surface area (TPSA) is 22.1 Å². The minimum atomic E-state index is 0.620. The highest BCUT2D eigenvalue weighted by atomic mass is 16.5. The van der Waals surface area contributed by atoms with Gasteiger partial charge in [-0.05, 0) is 11.6 Å². The number of fused-ring (bicyclic) bond motifs is 1. The van der Waals surface area contributed by atoms with Crippen LogP contribution in [0, 0.1) is 0 Å². The number of ether oxygens (including phenoxy) is 1. The molecule has 2 heterocycles. The molecular formula is C9H9NO. The monoisotopic (exact) mass is 147 g/mol. The number of nitrogens with zero attached hydrogens (tertiary/aromatic N) is 1. The highest BCUT2D eigenvalue weighted by Gasteiger charge is 2.11. The molecule has 0 atom stereocenters. The number of hydrogen-bond acceptors (Lipinski definition) is 2. The molecule has 11 heavy (non-hydrogen) atoms. The fourth-order valence-electron chi connectivity index (χ4n) is 1.22. The first kappa shape index (κ1) is 6.55. The Morgan fingerprint density at radius 1 is 1.45 bits per heavy atom. The van der Waals surface area contributed by atoms with Gasteiger partial charge in [0.1, 0.15) is 0 Å². The van der Waals surface area contributed by atoms with Crippen LogP contribution in [0.5, 0.6) is 0 Å². The Balaban J connectivity index is 2.52. The summed E-state index contributed by atoms with van der Waals surface area (Å²) in [6.45, 7) is 5.15. The van der Waals surface area contributed by atoms with E-state index in [1.54, 1.807) is 6.20 Å². The van der Waals surface area contributed by atoms with E-state index in [2.05, 4.69) is 11.6 Å². The summed E-state index contributed by atoms with van der Waals surface area (Å²) >= 11 is 0. The van der Waals surface area contributed by atoms with Crippen LogP contribution in [0.4, 0.5) is 0 Å². The van der Waals surface area contributed by atoms with Gasteiger partial charge in [-0.3, -0.25) is 4.98 Å². The number of rotatable bonds is 0. The van der Waals surface area contributed by atoms with Crippen LogP contribution in [0.2, 0.25) is 0 Å². The van der Waals surface area contributed by atoms with Gasteiger partial charge in [-0.15, -0.1) is 0 Å². The van der Waals surface area contributed by atoms with Gasteiger partial charge in [-0.2, -0.15) is 0 Å². The molecule has 0 radical (unpaired) electrons. The molecular weight excluding hydrogens is 138 g/mol. The Morgan fingerprint density at radius 2 is 2.36 bits per heavy atom. The van der Waals surface area contributed by atoms with Crippen LogP contribution in [0.25, 0.3) is 5.57 Å². The Bertz CT molecular complexity index is 293. The third kappa shape index (κ3) is 1.05. The van der Waals surface area contributed by atoms with Gasteiger partial charge in [0.2, 0.25) is 0 Å². The first-order valence-corrected chi connectivity index (χ1v) is 3.58. The van der Waals surface area contributed by atoms with E-state index in [0.29, 0.717) is 13.2 Å². The normalized spacial score (nSPS) is 16.2. The van der Waals surface area contributed by atoms with E-state index in [0.717, 1.165) is 16.8 Å². The molecule has 0 unspecified atom stereocenters. The van der Waals surface area contributed by atoms with Gasteiger partial charge in [0.25, 0.3) is 0 Å². The third-order valence-electron chi connectivity index (χ3n) is 1.79. The zero-order valence-electron chi connectivity index (χ0n) is 6.21. The van der Waals surface area contributed by atoms with Gasteiger partial charge in [0, 0.05) is 11.8 Å². The maximum atomic E-state index is 5.25. The van der Waals surface area contributed by atoms with E-state index in [1.165, 1.54) is 0 Å². The molecule has 2 heteroatoms. The van der Waals surface area contributed by atoms with E-state index in [4.69, 9.17) is 4.74 Å². The second kappa shape index (κ2) is 2.47. The molecule has 2 nitrogen and oxygen atoms in total. The summed E-state index contributed by atoms with van der Waals surface area (Å²) in [4.78, 5) is 4.18. The van der Waals surface area contributed by atoms with Gasteiger partial charge in [0.05, 0.1) is 18.9 Å². The molecule has 2 rings (SSSR count). The van der Waals surface area contributed by atoms with Crippen LogP contribution < -0.4 is 0 Å². The average molecular weight is 147 g/mol. The van der Waals surface area contributed by atoms with Crippen molar-refractivity contribution in [2.75, 3.05) is 6.61 Å². The average Bonchev–Trinajstić information content (AvgIpc) is 2.06. The third-order valence-corrected chi connectivity index (χ3v) is 1.79. The Kier molecular flexibility index (Phi) is 1.47. The summed E-state index contributed by atoms with van der Waals surface area (Å²) in [5, 5.41) is 0. The quantitative estimate of drug-likeness (QED) is 0.556. The number of aromatic nitrogens is 1. The minimum absolute atomic E-state index is 0.620. The lowest BCUT2D eigenvalue weighted by molar-refractivity contribution is 0.143. The van der Waals surface area contributed by atoms with Crippen molar-refractivity contribution in [1.29, 1.82) is 0 Å². The van der Waals surface area contributed by atoms with Crippen molar-refractivity contribution in [3.8, 4) is 0 Å². The predicted octanol–water partition coefficient (Wildman–Crippen LogP) is 1.62. The van der Waals surface area contributed by atoms with Crippen LogP contribution in [0.15, 0.2) is 24.9 Å². The highest BCUT2D eigenvalue weighted by Crippen LogP contribution is 2.21. The van der Waals surface area contributed by atoms with Crippen molar-refractivity contribution >= 4 is 5.57 Å². The lowest BCUT2D eigenvalue weighted by Gasteiger charge is -2.16. The predicted molar refractivity (Wildman–Crippen MR) is 42.9 cm³/mol. The van der Waals surface area contributed by atoms with E-state index in [1.807, 2.05) is 12.1 Å². The zero-order valence-corrected chi connectivity index (χ0v) is 6.21. The summed E-state index contributed by atoms with van der Waals surface area (Å²) in [5.74, 6) is 0. The molecule has 0 amide bonds. The van der Waals surface area contributed by atoms with E-state index >= 15 is 0 Å². The first-order chi connectivity index (χ1) is 5.38. The molecule has 0 saturated carbocycles. The maximum Gasteiger partial charge on any atom is 0.0898 e. The molecule has 0 fully saturated rings. The van der Waals surface area contributed by atoms with Crippen molar-refractivity contribution in [2.45, 2.75) is 6.61 Å². The van der Waals surface area contributed by atoms with Crippen molar-refractivity contribution in [3.63, 3.8) is 0 Å². The number of hydrogen-bond donors (Lipinski definition) is 0. The first-order valence-electron chi connectivity index (χ1n) is 3.58. The Hall–Kier alpha value is -1.15. The van der Waals surface area contributed by atoms with Gasteiger partial charge in [-0.1, -0.05) is 12.6 Å². The van der Waals surface area contributed by atoms with Crippen LogP contribution in [-0.2, 0) is 11.3 Å². The lowest BCUT2D eigenvalue weighted by Crippen LogP contribution is -2.09. The minimum Gasteiger partial charge on any atom is -0.370 e. The largest absolute Gasteiger partial charge is 0.370 e. The zero-order chi connectivity index (χ0) is 7.68. The summed E-state index contributed by atoms with van der Waals surface area (Å²) < 4.78 is 5.25. The molecule has 0 bridgehead atoms. The second-order valence-electron chi connectivity index (χ2n) is 2.59. The van der Waals surface area contributed by atoms with Gasteiger partial charge < -0.3 is 4.74 Å². The molecule has 0 N–H and O–H groups in total. The van der Waals surface area contributed by atoms with Crippen molar-refractivity contribution in [2.24, 2.45) is 0 Å². The fourth-order valence-corrected chi connectivity index (χ4v) is 1.22. The van der Waals surface area contributed by atoms with Crippen molar-refractivity contribution in [1.82, 2.24) is 4.98 Å². The van der Waals surface area contributed by atoms with Crippen LogP contribution in [0.1, 0.15) is 11.3 Å². The molecule has 1 aliphatic rings. The van der Waals surface area contributed by atoms with Crippen molar-refractivity contribution in [3.05, 3.63) is 36.2 Å². The van der Waals surface area contributed by atoms with E-state index in [9.17, 15) is 0 Å². The molecule has 1 aliphatic heterocycles. The summed E-state index contributed by atoms with van der Waals surface area (Å²) in [6, 6.07) is 3.96. The number of pyridine rings is 1. The van der Waals surface area contributed by atoms with Gasteiger partial charge in [0.15, 0.2) is 0 Å². The maximum absolute atomic E-state index is 5.25. The van der Waals surface area contributed by atoms with Crippen molar-refractivity contribution < 1.29 is 4.74 Å². The van der Waals surface area contributed by atoms with E-state index in [-0.39, 0.29) is 0 Å². The van der Waals surface area contributed by atoms with E-state index < -0.39 is 0 Å². The van der Waals surface area contributed by atoms with Gasteiger partial charge >= 0.3 is 0 Å². The van der Waals surface area contributed by atoms with Crippen LogP contribution >= 0.6 is 0 Å². The molecule has 0 spiro atoms. The second-order valence-corrected chi connectivity index (χ2v) is 2.59. The van der Waals surface area contributed by atoms with Gasteiger partial charge in [-0.25, -0.2) is 0 Å². The standard InChI is InChI=1S/C9H9NO/c1-7-5-11-6-9-8(7)3-2-4-10-9/h2-4H,1,5-6H2.